The molecule has 0 atom stereocenters. The van der Waals surface area contributed by atoms with E-state index in [-0.39, 0.29) is 0 Å². The minimum Gasteiger partial charge on any atom is -0.304 e. The Morgan fingerprint density at radius 1 is 0.926 bits per heavy atom. The van der Waals surface area contributed by atoms with Crippen LogP contribution in [0.15, 0.2) is 42.7 Å². The molecular weight excluding hydrogens is 336 g/mol. The number of hydrogen-bond donors (Lipinski definition) is 0. The largest absolute Gasteiger partial charge is 0.304 e. The van der Waals surface area contributed by atoms with Gasteiger partial charge in [-0.05, 0) is 38.6 Å². The van der Waals surface area contributed by atoms with Gasteiger partial charge in [-0.15, -0.1) is 0 Å². The molecule has 6 nitrogen and oxygen atoms in total. The van der Waals surface area contributed by atoms with Gasteiger partial charge in [0.1, 0.15) is 5.65 Å². The van der Waals surface area contributed by atoms with Crippen molar-refractivity contribution in [1.82, 2.24) is 29.0 Å². The van der Waals surface area contributed by atoms with Crippen molar-refractivity contribution in [3.05, 3.63) is 71.3 Å². The van der Waals surface area contributed by atoms with Gasteiger partial charge in [0.15, 0.2) is 11.5 Å². The lowest BCUT2D eigenvalue weighted by Crippen LogP contribution is -1.99. The van der Waals surface area contributed by atoms with E-state index in [1.807, 2.05) is 24.6 Å². The standard InChI is InChI=1S/C21H20N6/c1-13-12-22-14(2)20-24-19(25-27(13)20)9-8-18-15(3)26-11-10-16-6-4-5-7-17(16)21(26)23-18/h4-7,10-12H,8-9H2,1-3H3. The fourth-order valence-electron chi connectivity index (χ4n) is 3.64. The van der Waals surface area contributed by atoms with Gasteiger partial charge in [-0.1, -0.05) is 24.3 Å². The van der Waals surface area contributed by atoms with Crippen molar-refractivity contribution in [2.45, 2.75) is 33.6 Å². The lowest BCUT2D eigenvalue weighted by molar-refractivity contribution is 0.805. The van der Waals surface area contributed by atoms with Crippen molar-refractivity contribution in [3.8, 4) is 0 Å². The van der Waals surface area contributed by atoms with E-state index in [2.05, 4.69) is 62.9 Å². The van der Waals surface area contributed by atoms with Crippen LogP contribution in [0.25, 0.3) is 22.1 Å². The maximum atomic E-state index is 4.93. The van der Waals surface area contributed by atoms with Crippen LogP contribution in [0, 0.1) is 20.8 Å². The highest BCUT2D eigenvalue weighted by atomic mass is 15.3. The van der Waals surface area contributed by atoms with E-state index in [1.54, 1.807) is 0 Å². The number of nitrogens with zero attached hydrogens (tertiary/aromatic N) is 6. The minimum absolute atomic E-state index is 0.753. The summed E-state index contributed by atoms with van der Waals surface area (Å²) in [6, 6.07) is 10.5. The first-order valence-electron chi connectivity index (χ1n) is 9.15. The van der Waals surface area contributed by atoms with Crippen LogP contribution in [-0.2, 0) is 12.8 Å². The Labute approximate surface area is 156 Å². The van der Waals surface area contributed by atoms with Crippen LogP contribution in [0.1, 0.15) is 28.6 Å². The van der Waals surface area contributed by atoms with Crippen LogP contribution in [0.3, 0.4) is 0 Å². The molecule has 0 aliphatic heterocycles. The molecule has 0 aliphatic rings. The highest BCUT2D eigenvalue weighted by molar-refractivity contribution is 5.94. The zero-order valence-electron chi connectivity index (χ0n) is 15.6. The van der Waals surface area contributed by atoms with Crippen LogP contribution in [0.2, 0.25) is 0 Å². The Balaban J connectivity index is 1.52. The molecule has 5 aromatic rings. The van der Waals surface area contributed by atoms with E-state index in [4.69, 9.17) is 4.98 Å². The number of fused-ring (bicyclic) bond motifs is 4. The third-order valence-electron chi connectivity index (χ3n) is 5.19. The lowest BCUT2D eigenvalue weighted by Gasteiger charge is -2.01. The zero-order valence-corrected chi connectivity index (χ0v) is 15.6. The number of aryl methyl sites for hydroxylation is 5. The number of pyridine rings is 1. The van der Waals surface area contributed by atoms with Gasteiger partial charge in [0.25, 0.3) is 0 Å². The number of rotatable bonds is 3. The number of hydrogen-bond acceptors (Lipinski definition) is 4. The molecule has 0 spiro atoms. The second-order valence-electron chi connectivity index (χ2n) is 6.99. The van der Waals surface area contributed by atoms with E-state index in [1.165, 1.54) is 16.5 Å². The van der Waals surface area contributed by atoms with Gasteiger partial charge >= 0.3 is 0 Å². The molecule has 5 rings (SSSR count). The molecule has 0 N–H and O–H groups in total. The summed E-state index contributed by atoms with van der Waals surface area (Å²) in [6.07, 6.45) is 5.50. The van der Waals surface area contributed by atoms with Crippen LogP contribution < -0.4 is 0 Å². The quantitative estimate of drug-likeness (QED) is 0.495. The first-order chi connectivity index (χ1) is 13.1. The summed E-state index contributed by atoms with van der Waals surface area (Å²) in [4.78, 5) is 14.0. The summed E-state index contributed by atoms with van der Waals surface area (Å²) >= 11 is 0. The monoisotopic (exact) mass is 356 g/mol. The predicted molar refractivity (Wildman–Crippen MR) is 105 cm³/mol. The maximum absolute atomic E-state index is 4.93. The fourth-order valence-corrected chi connectivity index (χ4v) is 3.64. The average molecular weight is 356 g/mol. The summed E-state index contributed by atoms with van der Waals surface area (Å²) in [5.41, 5.74) is 6.01. The Hall–Kier alpha value is -3.28. The summed E-state index contributed by atoms with van der Waals surface area (Å²) < 4.78 is 4.05. The minimum atomic E-state index is 0.753. The number of imidazole rings is 1. The molecule has 0 amide bonds. The second kappa shape index (κ2) is 5.87. The summed E-state index contributed by atoms with van der Waals surface area (Å²) in [5.74, 6) is 0.829. The molecule has 4 heterocycles. The average Bonchev–Trinajstić information content (AvgIpc) is 3.26. The molecule has 4 aromatic heterocycles. The van der Waals surface area contributed by atoms with E-state index in [0.29, 0.717) is 0 Å². The molecular formula is C21H20N6. The lowest BCUT2D eigenvalue weighted by atomic mass is 10.2. The smallest absolute Gasteiger partial charge is 0.177 e. The van der Waals surface area contributed by atoms with Crippen LogP contribution >= 0.6 is 0 Å². The molecule has 0 saturated carbocycles. The third-order valence-corrected chi connectivity index (χ3v) is 5.19. The topological polar surface area (TPSA) is 60.4 Å². The third kappa shape index (κ3) is 2.48. The van der Waals surface area contributed by atoms with Crippen molar-refractivity contribution in [2.24, 2.45) is 0 Å². The van der Waals surface area contributed by atoms with Crippen LogP contribution in [-0.4, -0.2) is 29.0 Å². The van der Waals surface area contributed by atoms with E-state index in [0.717, 1.165) is 47.0 Å². The van der Waals surface area contributed by atoms with Crippen molar-refractivity contribution < 1.29 is 0 Å². The molecule has 0 bridgehead atoms. The fraction of sp³-hybridized carbons (Fsp3) is 0.238. The first kappa shape index (κ1) is 15.9. The second-order valence-corrected chi connectivity index (χ2v) is 6.99. The molecule has 0 fully saturated rings. The Kier molecular flexibility index (Phi) is 3.47. The van der Waals surface area contributed by atoms with Crippen molar-refractivity contribution in [2.75, 3.05) is 0 Å². The van der Waals surface area contributed by atoms with Crippen molar-refractivity contribution in [3.63, 3.8) is 0 Å². The molecule has 134 valence electrons. The first-order valence-corrected chi connectivity index (χ1v) is 9.15. The van der Waals surface area contributed by atoms with E-state index < -0.39 is 0 Å². The van der Waals surface area contributed by atoms with Crippen LogP contribution in [0.5, 0.6) is 0 Å². The van der Waals surface area contributed by atoms with Gasteiger partial charge in [-0.3, -0.25) is 4.98 Å². The van der Waals surface area contributed by atoms with Gasteiger partial charge in [0, 0.05) is 29.9 Å². The number of benzene rings is 1. The van der Waals surface area contributed by atoms with Crippen molar-refractivity contribution >= 4 is 22.1 Å². The summed E-state index contributed by atoms with van der Waals surface area (Å²) in [7, 11) is 0. The van der Waals surface area contributed by atoms with Gasteiger partial charge in [0.05, 0.1) is 17.1 Å². The van der Waals surface area contributed by atoms with Gasteiger partial charge in [-0.25, -0.2) is 14.5 Å². The Morgan fingerprint density at radius 3 is 2.63 bits per heavy atom. The molecule has 1 aromatic carbocycles. The highest BCUT2D eigenvalue weighted by Crippen LogP contribution is 2.22. The molecule has 0 saturated heterocycles. The Bertz CT molecular complexity index is 1270. The Morgan fingerprint density at radius 2 is 1.78 bits per heavy atom. The van der Waals surface area contributed by atoms with E-state index >= 15 is 0 Å². The molecule has 0 aliphatic carbocycles. The molecule has 6 heteroatoms. The number of aromatic nitrogens is 6. The van der Waals surface area contributed by atoms with Gasteiger partial charge < -0.3 is 4.40 Å². The van der Waals surface area contributed by atoms with Crippen molar-refractivity contribution in [1.29, 1.82) is 0 Å². The normalized spacial score (nSPS) is 11.8. The molecule has 0 radical (unpaired) electrons. The summed E-state index contributed by atoms with van der Waals surface area (Å²) in [6.45, 7) is 6.08. The van der Waals surface area contributed by atoms with Gasteiger partial charge in [-0.2, -0.15) is 5.10 Å². The zero-order chi connectivity index (χ0) is 18.5. The highest BCUT2D eigenvalue weighted by Gasteiger charge is 2.13. The van der Waals surface area contributed by atoms with Gasteiger partial charge in [0.2, 0.25) is 0 Å². The van der Waals surface area contributed by atoms with Crippen LogP contribution in [0.4, 0.5) is 0 Å². The summed E-state index contributed by atoms with van der Waals surface area (Å²) in [5, 5.41) is 7.04. The molecule has 0 unspecified atom stereocenters. The molecule has 27 heavy (non-hydrogen) atoms. The SMILES string of the molecule is Cc1ncc(C)n2nc(CCc3nc4c5ccccc5ccn4c3C)nc12. The predicted octanol–water partition coefficient (Wildman–Crippen LogP) is 3.64. The maximum Gasteiger partial charge on any atom is 0.177 e. The van der Waals surface area contributed by atoms with E-state index in [9.17, 15) is 0 Å².